The second kappa shape index (κ2) is 6.79. The number of ether oxygens (including phenoxy) is 2. The van der Waals surface area contributed by atoms with Gasteiger partial charge in [-0.3, -0.25) is 0 Å². The maximum absolute atomic E-state index is 5.79. The Bertz CT molecular complexity index is 971. The lowest BCUT2D eigenvalue weighted by molar-refractivity contribution is 0.213. The van der Waals surface area contributed by atoms with Crippen LogP contribution in [0.3, 0.4) is 0 Å². The number of aromatic nitrogens is 4. The van der Waals surface area contributed by atoms with Gasteiger partial charge in [-0.05, 0) is 26.0 Å². The third kappa shape index (κ3) is 3.38. The van der Waals surface area contributed by atoms with Gasteiger partial charge in [-0.25, -0.2) is 9.97 Å². The number of likely N-dealkylation sites (N-methyl/N-ethyl adjacent to an activating group) is 1. The molecule has 0 saturated heterocycles. The summed E-state index contributed by atoms with van der Waals surface area (Å²) in [5.74, 6) is 2.71. The molecule has 2 aromatic heterocycles. The zero-order valence-corrected chi connectivity index (χ0v) is 15.8. The average Bonchev–Trinajstić information content (AvgIpc) is 3.08. The molecule has 1 aromatic carbocycles. The molecule has 8 nitrogen and oxygen atoms in total. The number of aryl methyl sites for hydroxylation is 1. The molecule has 8 heteroatoms. The van der Waals surface area contributed by atoms with Crippen LogP contribution in [-0.2, 0) is 0 Å². The van der Waals surface area contributed by atoms with Gasteiger partial charge in [0.15, 0.2) is 11.6 Å². The van der Waals surface area contributed by atoms with E-state index in [0.717, 1.165) is 35.2 Å². The van der Waals surface area contributed by atoms with Crippen molar-refractivity contribution in [2.75, 3.05) is 30.9 Å². The lowest BCUT2D eigenvalue weighted by Gasteiger charge is -2.30. The summed E-state index contributed by atoms with van der Waals surface area (Å²) in [4.78, 5) is 15.3. The molecule has 3 aromatic rings. The molecule has 0 radical (unpaired) electrons. The summed E-state index contributed by atoms with van der Waals surface area (Å²) in [5.41, 5.74) is 2.69. The second-order valence-electron chi connectivity index (χ2n) is 6.62. The molecule has 1 unspecified atom stereocenters. The summed E-state index contributed by atoms with van der Waals surface area (Å²) >= 11 is 0. The molecular formula is C19H22N6O2. The maximum atomic E-state index is 5.79. The van der Waals surface area contributed by atoms with E-state index >= 15 is 0 Å². The van der Waals surface area contributed by atoms with Crippen LogP contribution >= 0.6 is 0 Å². The third-order valence-corrected chi connectivity index (χ3v) is 4.38. The third-order valence-electron chi connectivity index (χ3n) is 4.38. The normalized spacial score (nSPS) is 15.9. The fourth-order valence-corrected chi connectivity index (χ4v) is 3.16. The molecule has 0 spiro atoms. The van der Waals surface area contributed by atoms with Crippen LogP contribution in [0.5, 0.6) is 11.5 Å². The van der Waals surface area contributed by atoms with E-state index in [1.54, 1.807) is 19.6 Å². The van der Waals surface area contributed by atoms with E-state index < -0.39 is 0 Å². The number of anilines is 3. The number of imidazole rings is 1. The molecule has 0 amide bonds. The van der Waals surface area contributed by atoms with Gasteiger partial charge in [0, 0.05) is 25.0 Å². The van der Waals surface area contributed by atoms with Crippen molar-refractivity contribution in [1.82, 2.24) is 19.5 Å². The number of rotatable bonds is 4. The molecule has 27 heavy (non-hydrogen) atoms. The van der Waals surface area contributed by atoms with Crippen molar-refractivity contribution in [2.24, 2.45) is 0 Å². The minimum absolute atomic E-state index is 0.119. The minimum atomic E-state index is 0.119. The van der Waals surface area contributed by atoms with Crippen LogP contribution in [0.25, 0.3) is 5.69 Å². The summed E-state index contributed by atoms with van der Waals surface area (Å²) in [7, 11) is 3.65. The molecule has 0 aliphatic carbocycles. The monoisotopic (exact) mass is 366 g/mol. The fraction of sp³-hybridized carbons (Fsp3) is 0.316. The number of nitrogens with zero attached hydrogens (tertiary/aromatic N) is 5. The molecule has 140 valence electrons. The Hall–Kier alpha value is -3.29. The van der Waals surface area contributed by atoms with Gasteiger partial charge in [-0.15, -0.1) is 0 Å². The molecule has 4 rings (SSSR count). The van der Waals surface area contributed by atoms with E-state index in [4.69, 9.17) is 9.47 Å². The van der Waals surface area contributed by atoms with Crippen LogP contribution in [0, 0.1) is 6.92 Å². The van der Waals surface area contributed by atoms with Gasteiger partial charge in [-0.1, -0.05) is 0 Å². The summed E-state index contributed by atoms with van der Waals surface area (Å²) in [6, 6.07) is 5.84. The topological polar surface area (TPSA) is 77.3 Å². The Morgan fingerprint density at radius 1 is 1.30 bits per heavy atom. The number of benzene rings is 1. The Kier molecular flexibility index (Phi) is 4.31. The number of nitrogens with one attached hydrogen (secondary N) is 1. The summed E-state index contributed by atoms with van der Waals surface area (Å²) in [6.45, 7) is 4.77. The highest BCUT2D eigenvalue weighted by atomic mass is 16.5. The van der Waals surface area contributed by atoms with Gasteiger partial charge in [-0.2, -0.15) is 4.98 Å². The molecule has 1 aliphatic rings. The van der Waals surface area contributed by atoms with Crippen LogP contribution in [0.1, 0.15) is 12.6 Å². The van der Waals surface area contributed by atoms with E-state index in [2.05, 4.69) is 25.2 Å². The van der Waals surface area contributed by atoms with Gasteiger partial charge >= 0.3 is 0 Å². The van der Waals surface area contributed by atoms with E-state index in [-0.39, 0.29) is 6.10 Å². The van der Waals surface area contributed by atoms with Gasteiger partial charge < -0.3 is 24.3 Å². The van der Waals surface area contributed by atoms with Crippen LogP contribution in [-0.4, -0.2) is 46.3 Å². The highest BCUT2D eigenvalue weighted by Gasteiger charge is 2.22. The Morgan fingerprint density at radius 2 is 2.15 bits per heavy atom. The van der Waals surface area contributed by atoms with Crippen molar-refractivity contribution >= 4 is 17.5 Å². The highest BCUT2D eigenvalue weighted by molar-refractivity contribution is 5.64. The van der Waals surface area contributed by atoms with Crippen LogP contribution in [0.15, 0.2) is 36.9 Å². The number of methoxy groups -OCH3 is 1. The SMILES string of the molecule is COc1cc(Nc2ncc3c(n2)N(C)CC(C)O3)ccc1-n1cnc(C)c1. The predicted octanol–water partition coefficient (Wildman–Crippen LogP) is 2.94. The van der Waals surface area contributed by atoms with E-state index in [1.165, 1.54) is 0 Å². The van der Waals surface area contributed by atoms with Gasteiger partial charge in [0.05, 0.1) is 37.6 Å². The Labute approximate surface area is 157 Å². The Morgan fingerprint density at radius 3 is 2.89 bits per heavy atom. The first-order chi connectivity index (χ1) is 13.0. The van der Waals surface area contributed by atoms with E-state index in [1.807, 2.05) is 49.9 Å². The first-order valence-corrected chi connectivity index (χ1v) is 8.74. The van der Waals surface area contributed by atoms with Crippen LogP contribution in [0.4, 0.5) is 17.5 Å². The zero-order chi connectivity index (χ0) is 19.0. The molecule has 0 fully saturated rings. The standard InChI is InChI=1S/C19H22N6O2/c1-12-9-25(11-21-12)15-6-5-14(7-16(15)26-4)22-19-20-8-17-18(23-19)24(3)10-13(2)27-17/h5-9,11,13H,10H2,1-4H3,(H,20,22,23). The summed E-state index contributed by atoms with van der Waals surface area (Å²) in [5, 5.41) is 3.24. The predicted molar refractivity (Wildman–Crippen MR) is 104 cm³/mol. The zero-order valence-electron chi connectivity index (χ0n) is 15.8. The van der Waals surface area contributed by atoms with Crippen molar-refractivity contribution in [3.05, 3.63) is 42.6 Å². The van der Waals surface area contributed by atoms with E-state index in [0.29, 0.717) is 11.7 Å². The van der Waals surface area contributed by atoms with Crippen molar-refractivity contribution in [3.63, 3.8) is 0 Å². The lowest BCUT2D eigenvalue weighted by Crippen LogP contribution is -2.36. The fourth-order valence-electron chi connectivity index (χ4n) is 3.16. The maximum Gasteiger partial charge on any atom is 0.229 e. The smallest absolute Gasteiger partial charge is 0.229 e. The lowest BCUT2D eigenvalue weighted by atomic mass is 10.2. The van der Waals surface area contributed by atoms with Crippen LogP contribution in [0.2, 0.25) is 0 Å². The molecule has 3 heterocycles. The van der Waals surface area contributed by atoms with Crippen LogP contribution < -0.4 is 19.7 Å². The average molecular weight is 366 g/mol. The molecule has 0 bridgehead atoms. The molecule has 0 saturated carbocycles. The quantitative estimate of drug-likeness (QED) is 0.761. The summed E-state index contributed by atoms with van der Waals surface area (Å²) < 4.78 is 13.3. The first-order valence-electron chi connectivity index (χ1n) is 8.74. The highest BCUT2D eigenvalue weighted by Crippen LogP contribution is 2.32. The second-order valence-corrected chi connectivity index (χ2v) is 6.62. The van der Waals surface area contributed by atoms with Crippen molar-refractivity contribution in [1.29, 1.82) is 0 Å². The van der Waals surface area contributed by atoms with Crippen molar-refractivity contribution < 1.29 is 9.47 Å². The minimum Gasteiger partial charge on any atom is -0.494 e. The largest absolute Gasteiger partial charge is 0.494 e. The molecular weight excluding hydrogens is 344 g/mol. The molecule has 1 N–H and O–H groups in total. The number of hydrogen-bond donors (Lipinski definition) is 1. The van der Waals surface area contributed by atoms with Crippen molar-refractivity contribution in [2.45, 2.75) is 20.0 Å². The summed E-state index contributed by atoms with van der Waals surface area (Å²) in [6.07, 6.45) is 5.54. The van der Waals surface area contributed by atoms with Gasteiger partial charge in [0.1, 0.15) is 11.9 Å². The number of fused-ring (bicyclic) bond motifs is 1. The molecule has 1 atom stereocenters. The Balaban J connectivity index is 1.61. The van der Waals surface area contributed by atoms with E-state index in [9.17, 15) is 0 Å². The first kappa shape index (κ1) is 17.1. The number of hydrogen-bond acceptors (Lipinski definition) is 7. The van der Waals surface area contributed by atoms with Gasteiger partial charge in [0.25, 0.3) is 0 Å². The molecule has 1 aliphatic heterocycles. The van der Waals surface area contributed by atoms with Gasteiger partial charge in [0.2, 0.25) is 5.95 Å². The van der Waals surface area contributed by atoms with Crippen molar-refractivity contribution in [3.8, 4) is 17.2 Å².